The van der Waals surface area contributed by atoms with E-state index in [-0.39, 0.29) is 5.88 Å². The molecule has 0 bridgehead atoms. The molecule has 4 nitrogen and oxygen atoms in total. The number of benzene rings is 1. The Morgan fingerprint density at radius 1 is 1.22 bits per heavy atom. The predicted molar refractivity (Wildman–Crippen MR) is 70.9 cm³/mol. The van der Waals surface area contributed by atoms with Gasteiger partial charge in [-0.1, -0.05) is 17.7 Å². The molecule has 2 atom stereocenters. The molecule has 2 rings (SSSR count). The Kier molecular flexibility index (Phi) is 4.35. The van der Waals surface area contributed by atoms with E-state index in [0.29, 0.717) is 28.0 Å². The zero-order valence-corrected chi connectivity index (χ0v) is 10.9. The second kappa shape index (κ2) is 5.80. The van der Waals surface area contributed by atoms with Crippen molar-refractivity contribution in [1.82, 2.24) is 9.97 Å². The molecule has 2 unspecified atom stereocenters. The van der Waals surface area contributed by atoms with Crippen molar-refractivity contribution in [3.05, 3.63) is 35.2 Å². The fourth-order valence-electron chi connectivity index (χ4n) is 1.72. The van der Waals surface area contributed by atoms with Crippen LogP contribution in [0.2, 0.25) is 5.15 Å². The Hall–Kier alpha value is -0.940. The Bertz CT molecular complexity index is 551. The minimum atomic E-state index is -0.996. The molecule has 0 aliphatic heterocycles. The van der Waals surface area contributed by atoms with E-state index >= 15 is 0 Å². The normalized spacial score (nSPS) is 14.7. The van der Waals surface area contributed by atoms with Crippen molar-refractivity contribution in [2.24, 2.45) is 0 Å². The number of nitrogens with zero attached hydrogens (tertiary/aromatic N) is 2. The average molecular weight is 287 g/mol. The van der Waals surface area contributed by atoms with Gasteiger partial charge in [0.25, 0.3) is 0 Å². The van der Waals surface area contributed by atoms with Gasteiger partial charge in [-0.15, -0.1) is 11.6 Å². The summed E-state index contributed by atoms with van der Waals surface area (Å²) in [6, 6.07) is 5.11. The van der Waals surface area contributed by atoms with E-state index in [4.69, 9.17) is 23.2 Å². The molecule has 0 saturated carbocycles. The maximum absolute atomic E-state index is 9.98. The molecule has 0 aliphatic rings. The molecule has 1 heterocycles. The van der Waals surface area contributed by atoms with Crippen LogP contribution >= 0.6 is 23.2 Å². The summed E-state index contributed by atoms with van der Waals surface area (Å²) in [6.45, 7) is 0. The number of fused-ring (bicyclic) bond motifs is 1. The second-order valence-corrected chi connectivity index (χ2v) is 4.67. The maximum atomic E-state index is 9.98. The molecule has 0 aliphatic carbocycles. The van der Waals surface area contributed by atoms with Gasteiger partial charge in [0.1, 0.15) is 17.6 Å². The molecule has 0 saturated heterocycles. The van der Waals surface area contributed by atoms with Gasteiger partial charge in [0, 0.05) is 11.3 Å². The minimum Gasteiger partial charge on any atom is -0.390 e. The minimum absolute atomic E-state index is 0.287. The van der Waals surface area contributed by atoms with Gasteiger partial charge in [-0.25, -0.2) is 9.97 Å². The monoisotopic (exact) mass is 286 g/mol. The molecule has 0 radical (unpaired) electrons. The quantitative estimate of drug-likeness (QED) is 0.669. The van der Waals surface area contributed by atoms with Crippen molar-refractivity contribution >= 4 is 34.1 Å². The van der Waals surface area contributed by atoms with Crippen molar-refractivity contribution in [1.29, 1.82) is 0 Å². The Morgan fingerprint density at radius 3 is 2.72 bits per heavy atom. The molecular weight excluding hydrogens is 275 g/mol. The lowest BCUT2D eigenvalue weighted by atomic mass is 10.0. The highest BCUT2D eigenvalue weighted by atomic mass is 35.5. The highest BCUT2D eigenvalue weighted by Gasteiger charge is 2.18. The second-order valence-electron chi connectivity index (χ2n) is 3.93. The van der Waals surface area contributed by atoms with Gasteiger partial charge in [0.05, 0.1) is 11.6 Å². The number of rotatable bonds is 4. The number of aromatic nitrogens is 2. The van der Waals surface area contributed by atoms with E-state index in [9.17, 15) is 10.2 Å². The van der Waals surface area contributed by atoms with Gasteiger partial charge >= 0.3 is 0 Å². The van der Waals surface area contributed by atoms with Crippen LogP contribution in [-0.2, 0) is 0 Å². The van der Waals surface area contributed by atoms with Gasteiger partial charge in [-0.3, -0.25) is 0 Å². The van der Waals surface area contributed by atoms with Crippen LogP contribution in [0.25, 0.3) is 10.9 Å². The van der Waals surface area contributed by atoms with Crippen molar-refractivity contribution in [2.45, 2.75) is 18.6 Å². The summed E-state index contributed by atoms with van der Waals surface area (Å²) in [5, 5.41) is 20.7. The van der Waals surface area contributed by atoms with Crippen molar-refractivity contribution in [2.75, 3.05) is 5.88 Å². The number of halogens is 2. The molecule has 1 aromatic heterocycles. The zero-order valence-electron chi connectivity index (χ0n) is 9.42. The van der Waals surface area contributed by atoms with Gasteiger partial charge in [-0.05, 0) is 24.1 Å². The number of hydrogen-bond donors (Lipinski definition) is 2. The third-order valence-electron chi connectivity index (χ3n) is 2.72. The summed E-state index contributed by atoms with van der Waals surface area (Å²) in [7, 11) is 0. The molecular formula is C12H12Cl2N2O2. The highest BCUT2D eigenvalue weighted by molar-refractivity contribution is 6.34. The molecule has 96 valence electrons. The molecule has 18 heavy (non-hydrogen) atoms. The summed E-state index contributed by atoms with van der Waals surface area (Å²) in [4.78, 5) is 7.94. The molecule has 2 N–H and O–H groups in total. The number of alkyl halides is 1. The van der Waals surface area contributed by atoms with Gasteiger partial charge in [0.15, 0.2) is 0 Å². The van der Waals surface area contributed by atoms with Crippen LogP contribution in [0, 0.1) is 0 Å². The predicted octanol–water partition coefficient (Wildman–Crippen LogP) is 2.31. The number of aliphatic hydroxyl groups excluding tert-OH is 2. The van der Waals surface area contributed by atoms with Gasteiger partial charge in [0.2, 0.25) is 0 Å². The molecule has 0 amide bonds. The topological polar surface area (TPSA) is 66.2 Å². The van der Waals surface area contributed by atoms with Gasteiger partial charge < -0.3 is 10.2 Å². The Morgan fingerprint density at radius 2 is 2.00 bits per heavy atom. The van der Waals surface area contributed by atoms with Gasteiger partial charge in [-0.2, -0.15) is 0 Å². The standard InChI is InChI=1S/C12H12Cl2N2O2/c13-4-3-10(17)11(18)7-1-2-9-8(5-7)12(14)16-6-15-9/h1-2,5-6,10-11,17-18H,3-4H2. The van der Waals surface area contributed by atoms with Crippen molar-refractivity contribution in [3.63, 3.8) is 0 Å². The molecule has 0 spiro atoms. The largest absolute Gasteiger partial charge is 0.390 e. The van der Waals surface area contributed by atoms with E-state index in [0.717, 1.165) is 0 Å². The lowest BCUT2D eigenvalue weighted by Gasteiger charge is -2.17. The summed E-state index contributed by atoms with van der Waals surface area (Å²) < 4.78 is 0. The molecule has 0 fully saturated rings. The van der Waals surface area contributed by atoms with E-state index < -0.39 is 12.2 Å². The molecule has 1 aromatic carbocycles. The molecule has 6 heteroatoms. The summed E-state index contributed by atoms with van der Waals surface area (Å²) in [5.74, 6) is 0.287. The Balaban J connectivity index is 2.37. The van der Waals surface area contributed by atoms with Crippen LogP contribution in [0.1, 0.15) is 18.1 Å². The SMILES string of the molecule is OC(CCCl)C(O)c1ccc2ncnc(Cl)c2c1. The van der Waals surface area contributed by atoms with Crippen LogP contribution in [0.3, 0.4) is 0 Å². The molecule has 2 aromatic rings. The van der Waals surface area contributed by atoms with E-state index in [1.54, 1.807) is 18.2 Å². The first-order valence-corrected chi connectivity index (χ1v) is 6.37. The maximum Gasteiger partial charge on any atom is 0.140 e. The van der Waals surface area contributed by atoms with Crippen molar-refractivity contribution < 1.29 is 10.2 Å². The van der Waals surface area contributed by atoms with Crippen LogP contribution in [0.5, 0.6) is 0 Å². The fraction of sp³-hybridized carbons (Fsp3) is 0.333. The zero-order chi connectivity index (χ0) is 13.1. The first-order valence-electron chi connectivity index (χ1n) is 5.45. The Labute approximate surface area is 114 Å². The van der Waals surface area contributed by atoms with Crippen LogP contribution in [0.15, 0.2) is 24.5 Å². The number of aliphatic hydroxyl groups is 2. The smallest absolute Gasteiger partial charge is 0.140 e. The van der Waals surface area contributed by atoms with Crippen LogP contribution < -0.4 is 0 Å². The third-order valence-corrected chi connectivity index (χ3v) is 3.24. The fourth-order valence-corrected chi connectivity index (χ4v) is 2.14. The van der Waals surface area contributed by atoms with Crippen LogP contribution in [-0.4, -0.2) is 32.2 Å². The van der Waals surface area contributed by atoms with E-state index in [1.165, 1.54) is 6.33 Å². The summed E-state index contributed by atoms with van der Waals surface area (Å²) in [5.41, 5.74) is 1.26. The average Bonchev–Trinajstić information content (AvgIpc) is 2.38. The third kappa shape index (κ3) is 2.72. The highest BCUT2D eigenvalue weighted by Crippen LogP contribution is 2.26. The first kappa shape index (κ1) is 13.5. The van der Waals surface area contributed by atoms with E-state index in [1.807, 2.05) is 0 Å². The van der Waals surface area contributed by atoms with Crippen molar-refractivity contribution in [3.8, 4) is 0 Å². The van der Waals surface area contributed by atoms with Crippen LogP contribution in [0.4, 0.5) is 0 Å². The number of hydrogen-bond acceptors (Lipinski definition) is 4. The summed E-state index contributed by atoms with van der Waals surface area (Å²) >= 11 is 11.5. The first-order chi connectivity index (χ1) is 8.63. The lowest BCUT2D eigenvalue weighted by molar-refractivity contribution is 0.0171. The lowest BCUT2D eigenvalue weighted by Crippen LogP contribution is -2.18. The summed E-state index contributed by atoms with van der Waals surface area (Å²) in [6.07, 6.45) is -0.198. The van der Waals surface area contributed by atoms with E-state index in [2.05, 4.69) is 9.97 Å².